The molecule has 1 saturated heterocycles. The zero-order chi connectivity index (χ0) is 26.6. The van der Waals surface area contributed by atoms with Crippen molar-refractivity contribution in [3.63, 3.8) is 0 Å². The van der Waals surface area contributed by atoms with Crippen molar-refractivity contribution in [1.29, 1.82) is 0 Å². The molecule has 0 saturated carbocycles. The van der Waals surface area contributed by atoms with Crippen molar-refractivity contribution in [2.45, 2.75) is 96.8 Å². The third-order valence-corrected chi connectivity index (χ3v) is 11.7. The van der Waals surface area contributed by atoms with E-state index < -0.39 is 8.32 Å². The molecule has 0 radical (unpaired) electrons. The van der Waals surface area contributed by atoms with Crippen LogP contribution in [0.1, 0.15) is 66.0 Å². The molecule has 0 spiro atoms. The van der Waals surface area contributed by atoms with Crippen LogP contribution in [-0.4, -0.2) is 64.1 Å². The van der Waals surface area contributed by atoms with Gasteiger partial charge < -0.3 is 19.0 Å². The van der Waals surface area contributed by atoms with Crippen molar-refractivity contribution < 1.29 is 19.0 Å². The summed E-state index contributed by atoms with van der Waals surface area (Å²) in [4.78, 5) is 1.70. The topological polar surface area (TPSA) is 96.5 Å². The van der Waals surface area contributed by atoms with Crippen LogP contribution >= 0.6 is 0 Å². The number of aromatic nitrogens is 5. The second kappa shape index (κ2) is 11.6. The lowest BCUT2D eigenvalue weighted by Crippen LogP contribution is -2.43. The number of rotatable bonds is 11. The average molecular weight is 530 g/mol. The molecule has 2 atom stereocenters. The van der Waals surface area contributed by atoms with Crippen LogP contribution in [0.5, 0.6) is 5.75 Å². The molecular weight excluding hydrogens is 486 g/mol. The molecule has 1 aliphatic rings. The Labute approximate surface area is 221 Å². The number of nitrogens with zero attached hydrogens (tertiary/aromatic N) is 5. The Bertz CT molecular complexity index is 1160. The maximum absolute atomic E-state index is 9.34. The highest BCUT2D eigenvalue weighted by Gasteiger charge is 2.39. The summed E-state index contributed by atoms with van der Waals surface area (Å²) in [5.41, 5.74) is 2.55. The van der Waals surface area contributed by atoms with Crippen LogP contribution in [0.2, 0.25) is 18.1 Å². The van der Waals surface area contributed by atoms with E-state index in [1.807, 2.05) is 4.68 Å². The quantitative estimate of drug-likeness (QED) is 0.257. The van der Waals surface area contributed by atoms with E-state index in [4.69, 9.17) is 24.1 Å². The van der Waals surface area contributed by atoms with E-state index in [9.17, 15) is 5.11 Å². The van der Waals surface area contributed by atoms with Gasteiger partial charge in [0, 0.05) is 25.2 Å². The Morgan fingerprint density at radius 3 is 2.70 bits per heavy atom. The van der Waals surface area contributed by atoms with E-state index in [0.717, 1.165) is 60.3 Å². The summed E-state index contributed by atoms with van der Waals surface area (Å²) in [6.07, 6.45) is 5.97. The Morgan fingerprint density at radius 2 is 2.00 bits per heavy atom. The van der Waals surface area contributed by atoms with Gasteiger partial charge in [0.2, 0.25) is 8.32 Å². The summed E-state index contributed by atoms with van der Waals surface area (Å²) < 4.78 is 20.3. The smallest absolute Gasteiger partial charge is 0.250 e. The molecular formula is C27H43N5O4Si. The number of aryl methyl sites for hydroxylation is 1. The average Bonchev–Trinajstić information content (AvgIpc) is 3.45. The zero-order valence-electron chi connectivity index (χ0n) is 23.2. The van der Waals surface area contributed by atoms with Gasteiger partial charge in [0.1, 0.15) is 17.1 Å². The van der Waals surface area contributed by atoms with Crippen molar-refractivity contribution >= 4 is 19.2 Å². The van der Waals surface area contributed by atoms with E-state index in [-0.39, 0.29) is 17.4 Å². The minimum atomic E-state index is -1.99. The Hall–Kier alpha value is -2.27. The summed E-state index contributed by atoms with van der Waals surface area (Å²) in [6.45, 7) is 15.6. The van der Waals surface area contributed by atoms with Gasteiger partial charge in [0.25, 0.3) is 0 Å². The van der Waals surface area contributed by atoms with Gasteiger partial charge in [-0.25, -0.2) is 4.68 Å². The lowest BCUT2D eigenvalue weighted by Gasteiger charge is -2.36. The molecule has 204 valence electrons. The third-order valence-electron chi connectivity index (χ3n) is 7.39. The molecule has 10 heteroatoms. The number of hydrogen-bond donors (Lipinski definition) is 1. The molecule has 0 aliphatic carbocycles. The molecule has 1 aromatic carbocycles. The predicted molar refractivity (Wildman–Crippen MR) is 147 cm³/mol. The van der Waals surface area contributed by atoms with Crippen LogP contribution in [0.3, 0.4) is 0 Å². The standard InChI is InChI=1S/C27H43N5O4Si/c1-20(33)13-17-34-15-9-14-31-28-19-23(29-31)26-22-18-21(36-37(5,6)27(2,3)4)11-12-24(22)32(30-26)25-10-7-8-16-35-25/h11-12,18-20,25,33H,7-10,13-17H2,1-6H3. The summed E-state index contributed by atoms with van der Waals surface area (Å²) in [5.74, 6) is 0.867. The van der Waals surface area contributed by atoms with Crippen LogP contribution in [0.15, 0.2) is 24.4 Å². The fourth-order valence-corrected chi connectivity index (χ4v) is 5.16. The molecule has 2 aromatic heterocycles. The first kappa shape index (κ1) is 27.8. The van der Waals surface area contributed by atoms with Crippen molar-refractivity contribution in [2.75, 3.05) is 19.8 Å². The second-order valence-electron chi connectivity index (χ2n) is 11.6. The fraction of sp³-hybridized carbons (Fsp3) is 0.667. The zero-order valence-corrected chi connectivity index (χ0v) is 24.2. The number of aliphatic hydroxyl groups excluding tert-OH is 1. The van der Waals surface area contributed by atoms with Gasteiger partial charge in [-0.2, -0.15) is 20.1 Å². The summed E-state index contributed by atoms with van der Waals surface area (Å²) in [6, 6.07) is 6.26. The first-order chi connectivity index (χ1) is 17.5. The summed E-state index contributed by atoms with van der Waals surface area (Å²) in [7, 11) is -1.99. The van der Waals surface area contributed by atoms with Crippen LogP contribution < -0.4 is 4.43 Å². The molecule has 2 unspecified atom stereocenters. The third kappa shape index (κ3) is 6.79. The van der Waals surface area contributed by atoms with Gasteiger partial charge in [0.15, 0.2) is 6.23 Å². The molecule has 1 N–H and O–H groups in total. The van der Waals surface area contributed by atoms with Gasteiger partial charge in [-0.1, -0.05) is 20.8 Å². The molecule has 1 fully saturated rings. The number of hydrogen-bond acceptors (Lipinski definition) is 7. The summed E-state index contributed by atoms with van der Waals surface area (Å²) >= 11 is 0. The molecule has 1 aliphatic heterocycles. The van der Waals surface area contributed by atoms with Crippen molar-refractivity contribution in [3.05, 3.63) is 24.4 Å². The maximum Gasteiger partial charge on any atom is 0.250 e. The SMILES string of the molecule is CC(O)CCOCCCn1ncc(-c2nn(C3CCCCO3)c3ccc(O[Si](C)(C)C(C)(C)C)cc23)n1. The first-order valence-electron chi connectivity index (χ1n) is 13.5. The molecule has 3 aromatic rings. The molecule has 9 nitrogen and oxygen atoms in total. The number of fused-ring (bicyclic) bond motifs is 1. The largest absolute Gasteiger partial charge is 0.543 e. The lowest BCUT2D eigenvalue weighted by atomic mass is 10.1. The van der Waals surface area contributed by atoms with Gasteiger partial charge in [0.05, 0.1) is 24.4 Å². The lowest BCUT2D eigenvalue weighted by molar-refractivity contribution is -0.0365. The molecule has 0 amide bonds. The van der Waals surface area contributed by atoms with Crippen LogP contribution in [0.25, 0.3) is 22.3 Å². The summed E-state index contributed by atoms with van der Waals surface area (Å²) in [5, 5.41) is 24.7. The van der Waals surface area contributed by atoms with Crippen molar-refractivity contribution in [1.82, 2.24) is 24.8 Å². The number of benzene rings is 1. The van der Waals surface area contributed by atoms with E-state index in [2.05, 4.69) is 57.2 Å². The maximum atomic E-state index is 9.34. The normalized spacial score (nSPS) is 17.9. The van der Waals surface area contributed by atoms with Crippen molar-refractivity contribution in [2.24, 2.45) is 0 Å². The Morgan fingerprint density at radius 1 is 1.19 bits per heavy atom. The van der Waals surface area contributed by atoms with E-state index in [1.165, 1.54) is 0 Å². The molecule has 37 heavy (non-hydrogen) atoms. The highest BCUT2D eigenvalue weighted by Crippen LogP contribution is 2.39. The van der Waals surface area contributed by atoms with Gasteiger partial charge in [-0.05, 0) is 75.4 Å². The molecule has 3 heterocycles. The molecule has 4 rings (SSSR count). The van der Waals surface area contributed by atoms with Crippen LogP contribution in [0.4, 0.5) is 0 Å². The van der Waals surface area contributed by atoms with Crippen molar-refractivity contribution in [3.8, 4) is 17.1 Å². The van der Waals surface area contributed by atoms with Gasteiger partial charge >= 0.3 is 0 Å². The van der Waals surface area contributed by atoms with E-state index in [1.54, 1.807) is 17.9 Å². The van der Waals surface area contributed by atoms with E-state index in [0.29, 0.717) is 26.2 Å². The van der Waals surface area contributed by atoms with E-state index >= 15 is 0 Å². The number of ether oxygens (including phenoxy) is 2. The minimum Gasteiger partial charge on any atom is -0.543 e. The van der Waals surface area contributed by atoms with Gasteiger partial charge in [-0.3, -0.25) is 0 Å². The van der Waals surface area contributed by atoms with Crippen LogP contribution in [-0.2, 0) is 16.0 Å². The molecule has 0 bridgehead atoms. The van der Waals surface area contributed by atoms with Crippen LogP contribution in [0, 0.1) is 0 Å². The fourth-order valence-electron chi connectivity index (χ4n) is 4.13. The highest BCUT2D eigenvalue weighted by molar-refractivity contribution is 6.74. The Balaban J connectivity index is 1.58. The second-order valence-corrected chi connectivity index (χ2v) is 16.3. The predicted octanol–water partition coefficient (Wildman–Crippen LogP) is 5.56. The first-order valence-corrected chi connectivity index (χ1v) is 16.5. The Kier molecular flexibility index (Phi) is 8.73. The monoisotopic (exact) mass is 529 g/mol. The number of aliphatic hydroxyl groups is 1. The minimum absolute atomic E-state index is 0.0778. The highest BCUT2D eigenvalue weighted by atomic mass is 28.4. The van der Waals surface area contributed by atoms with Gasteiger partial charge in [-0.15, -0.1) is 0 Å².